The van der Waals surface area contributed by atoms with E-state index >= 15 is 0 Å². The van der Waals surface area contributed by atoms with E-state index < -0.39 is 6.10 Å². The lowest BCUT2D eigenvalue weighted by molar-refractivity contribution is -0.457. The highest BCUT2D eigenvalue weighted by atomic mass is 16.5. The van der Waals surface area contributed by atoms with Crippen molar-refractivity contribution < 1.29 is 23.6 Å². The maximum absolute atomic E-state index is 13.2. The van der Waals surface area contributed by atoms with E-state index in [-0.39, 0.29) is 18.0 Å². The third-order valence-electron chi connectivity index (χ3n) is 4.86. The second-order valence-corrected chi connectivity index (χ2v) is 6.90. The topological polar surface area (TPSA) is 58.9 Å². The summed E-state index contributed by atoms with van der Waals surface area (Å²) in [7, 11) is 1.61. The van der Waals surface area contributed by atoms with Crippen LogP contribution >= 0.6 is 0 Å². The molecule has 2 aliphatic heterocycles. The van der Waals surface area contributed by atoms with Crippen molar-refractivity contribution in [2.75, 3.05) is 7.11 Å². The highest BCUT2D eigenvalue weighted by molar-refractivity contribution is 6.22. The van der Waals surface area contributed by atoms with E-state index in [0.717, 1.165) is 16.9 Å². The molecule has 0 radical (unpaired) electrons. The van der Waals surface area contributed by atoms with Gasteiger partial charge < -0.3 is 9.47 Å². The van der Waals surface area contributed by atoms with Gasteiger partial charge >= 0.3 is 11.9 Å². The summed E-state index contributed by atoms with van der Waals surface area (Å²) < 4.78 is 12.8. The lowest BCUT2D eigenvalue weighted by Gasteiger charge is -2.26. The number of benzene rings is 2. The highest BCUT2D eigenvalue weighted by Crippen LogP contribution is 2.33. The standard InChI is InChI=1S/C21H21N2O4/c1-13(2)23-20(24)19-18(16-6-4-5-7-17(16)27-19)22(21(23)25)12-14-8-10-15(26-3)11-9-14/h4-11,13,19H,12H2,1-3H3/q+1. The summed E-state index contributed by atoms with van der Waals surface area (Å²) in [5.41, 5.74) is 2.35. The van der Waals surface area contributed by atoms with Crippen LogP contribution in [0.4, 0.5) is 4.79 Å². The fourth-order valence-electron chi connectivity index (χ4n) is 3.55. The summed E-state index contributed by atoms with van der Waals surface area (Å²) in [6.45, 7) is 4.01. The van der Waals surface area contributed by atoms with Gasteiger partial charge in [-0.15, -0.1) is 0 Å². The molecule has 27 heavy (non-hydrogen) atoms. The van der Waals surface area contributed by atoms with E-state index in [9.17, 15) is 9.59 Å². The lowest BCUT2D eigenvalue weighted by atomic mass is 10.0. The predicted molar refractivity (Wildman–Crippen MR) is 99.3 cm³/mol. The molecule has 0 aliphatic carbocycles. The van der Waals surface area contributed by atoms with Crippen molar-refractivity contribution in [3.8, 4) is 11.5 Å². The van der Waals surface area contributed by atoms with Gasteiger partial charge in [-0.25, -0.2) is 4.79 Å². The van der Waals surface area contributed by atoms with Gasteiger partial charge in [-0.1, -0.05) is 24.3 Å². The number of imide groups is 1. The molecule has 4 rings (SSSR count). The summed E-state index contributed by atoms with van der Waals surface area (Å²) in [4.78, 5) is 27.4. The van der Waals surface area contributed by atoms with Crippen molar-refractivity contribution >= 4 is 17.6 Å². The third kappa shape index (κ3) is 2.77. The number of hydrogen-bond acceptors (Lipinski definition) is 4. The molecule has 2 aromatic carbocycles. The number of methoxy groups -OCH3 is 1. The highest BCUT2D eigenvalue weighted by Gasteiger charge is 2.54. The summed E-state index contributed by atoms with van der Waals surface area (Å²) in [6, 6.07) is 14.4. The molecule has 6 nitrogen and oxygen atoms in total. The van der Waals surface area contributed by atoms with Crippen molar-refractivity contribution in [2.45, 2.75) is 32.5 Å². The van der Waals surface area contributed by atoms with Crippen LogP contribution in [0.2, 0.25) is 0 Å². The smallest absolute Gasteiger partial charge is 0.497 e. The molecular formula is C21H21N2O4+. The number of para-hydroxylation sites is 1. The average molecular weight is 365 g/mol. The van der Waals surface area contributed by atoms with E-state index in [0.29, 0.717) is 18.0 Å². The summed E-state index contributed by atoms with van der Waals surface area (Å²) in [6.07, 6.45) is -0.791. The first-order chi connectivity index (χ1) is 13.0. The molecule has 0 N–H and O–H groups in total. The zero-order valence-electron chi connectivity index (χ0n) is 15.5. The molecule has 0 saturated carbocycles. The Balaban J connectivity index is 1.83. The van der Waals surface area contributed by atoms with Crippen molar-refractivity contribution in [3.05, 3.63) is 59.7 Å². The normalized spacial score (nSPS) is 18.5. The van der Waals surface area contributed by atoms with E-state index in [1.54, 1.807) is 11.7 Å². The van der Waals surface area contributed by atoms with Gasteiger partial charge in [0.15, 0.2) is 5.71 Å². The summed E-state index contributed by atoms with van der Waals surface area (Å²) >= 11 is 0. The molecule has 1 unspecified atom stereocenters. The van der Waals surface area contributed by atoms with Gasteiger partial charge in [0.1, 0.15) is 24.1 Å². The van der Waals surface area contributed by atoms with Crippen LogP contribution in [0.1, 0.15) is 25.0 Å². The Morgan fingerprint density at radius 1 is 1.11 bits per heavy atom. The molecule has 0 saturated heterocycles. The molecule has 6 heteroatoms. The maximum Gasteiger partial charge on any atom is 0.501 e. The van der Waals surface area contributed by atoms with Gasteiger partial charge in [0, 0.05) is 0 Å². The number of urea groups is 1. The molecule has 0 fully saturated rings. The zero-order chi connectivity index (χ0) is 19.1. The number of carbonyl (C=O) groups is 2. The summed E-state index contributed by atoms with van der Waals surface area (Å²) in [5.74, 6) is 1.07. The van der Waals surface area contributed by atoms with Crippen molar-refractivity contribution in [1.82, 2.24) is 4.90 Å². The minimum absolute atomic E-state index is 0.253. The quantitative estimate of drug-likeness (QED) is 0.782. The number of carbonyl (C=O) groups excluding carboxylic acids is 2. The van der Waals surface area contributed by atoms with Crippen LogP contribution in [0.25, 0.3) is 0 Å². The van der Waals surface area contributed by atoms with Gasteiger partial charge in [0.25, 0.3) is 6.10 Å². The molecule has 0 spiro atoms. The first-order valence-electron chi connectivity index (χ1n) is 8.91. The molecule has 3 amide bonds. The first-order valence-corrected chi connectivity index (χ1v) is 8.91. The molecule has 1 atom stereocenters. The second kappa shape index (κ2) is 6.54. The molecule has 2 aromatic rings. The van der Waals surface area contributed by atoms with Crippen molar-refractivity contribution in [1.29, 1.82) is 0 Å². The van der Waals surface area contributed by atoms with Crippen molar-refractivity contribution in [2.24, 2.45) is 0 Å². The van der Waals surface area contributed by atoms with E-state index in [2.05, 4.69) is 0 Å². The molecule has 0 aromatic heterocycles. The Bertz CT molecular complexity index is 947. The minimum atomic E-state index is -0.791. The van der Waals surface area contributed by atoms with Crippen LogP contribution in [-0.4, -0.2) is 46.4 Å². The minimum Gasteiger partial charge on any atom is -0.497 e. The molecule has 2 aliphatic rings. The van der Waals surface area contributed by atoms with E-state index in [4.69, 9.17) is 9.47 Å². The monoisotopic (exact) mass is 365 g/mol. The van der Waals surface area contributed by atoms with Crippen LogP contribution in [-0.2, 0) is 11.3 Å². The van der Waals surface area contributed by atoms with Gasteiger partial charge in [-0.3, -0.25) is 0 Å². The fourth-order valence-corrected chi connectivity index (χ4v) is 3.55. The Labute approximate surface area is 157 Å². The average Bonchev–Trinajstić information content (AvgIpc) is 3.05. The van der Waals surface area contributed by atoms with Crippen LogP contribution in [0.3, 0.4) is 0 Å². The van der Waals surface area contributed by atoms with E-state index in [1.165, 1.54) is 4.90 Å². The van der Waals surface area contributed by atoms with Crippen LogP contribution < -0.4 is 9.47 Å². The number of ether oxygens (including phenoxy) is 2. The maximum atomic E-state index is 13.2. The van der Waals surface area contributed by atoms with Gasteiger partial charge in [0.05, 0.1) is 12.7 Å². The van der Waals surface area contributed by atoms with Gasteiger partial charge in [-0.2, -0.15) is 14.3 Å². The molecular weight excluding hydrogens is 344 g/mol. The first kappa shape index (κ1) is 17.3. The predicted octanol–water partition coefficient (Wildman–Crippen LogP) is 2.83. The largest absolute Gasteiger partial charge is 0.501 e. The third-order valence-corrected chi connectivity index (χ3v) is 4.86. The Morgan fingerprint density at radius 2 is 1.81 bits per heavy atom. The fraction of sp³-hybridized carbons (Fsp3) is 0.286. The Hall–Kier alpha value is -3.15. The van der Waals surface area contributed by atoms with E-state index in [1.807, 2.05) is 62.4 Å². The van der Waals surface area contributed by atoms with Gasteiger partial charge in [-0.05, 0) is 43.7 Å². The summed E-state index contributed by atoms with van der Waals surface area (Å²) in [5, 5.41) is 0. The van der Waals surface area contributed by atoms with Gasteiger partial charge in [0.2, 0.25) is 0 Å². The molecule has 2 heterocycles. The van der Waals surface area contributed by atoms with Crippen LogP contribution in [0.5, 0.6) is 11.5 Å². The lowest BCUT2D eigenvalue weighted by Crippen LogP contribution is -2.59. The van der Waals surface area contributed by atoms with Crippen LogP contribution in [0.15, 0.2) is 48.5 Å². The number of rotatable bonds is 4. The number of amides is 3. The zero-order valence-corrected chi connectivity index (χ0v) is 15.5. The second-order valence-electron chi connectivity index (χ2n) is 6.90. The molecule has 138 valence electrons. The Kier molecular flexibility index (Phi) is 4.18. The number of nitrogens with zero attached hydrogens (tertiary/aromatic N) is 2. The number of hydrogen-bond donors (Lipinski definition) is 0. The van der Waals surface area contributed by atoms with Crippen LogP contribution in [0, 0.1) is 0 Å². The number of fused-ring (bicyclic) bond motifs is 3. The van der Waals surface area contributed by atoms with Crippen molar-refractivity contribution in [3.63, 3.8) is 0 Å². The molecule has 0 bridgehead atoms. The SMILES string of the molecule is COc1ccc(C[N+]2=C3c4ccccc4OC3C(=O)N(C(C)C)C2=O)cc1. The Morgan fingerprint density at radius 3 is 2.48 bits per heavy atom.